The average molecular weight is 204 g/mol. The van der Waals surface area contributed by atoms with Crippen molar-refractivity contribution in [3.8, 4) is 0 Å². The first-order valence-electron chi connectivity index (χ1n) is 2.74. The van der Waals surface area contributed by atoms with Crippen molar-refractivity contribution in [1.82, 2.24) is 0 Å². The van der Waals surface area contributed by atoms with Crippen LogP contribution in [-0.4, -0.2) is 32.8 Å². The van der Waals surface area contributed by atoms with Gasteiger partial charge < -0.3 is 28.6 Å². The Kier molecular flexibility index (Phi) is 7.69. The summed E-state index contributed by atoms with van der Waals surface area (Å²) in [5.74, 6) is 0. The third-order valence-corrected chi connectivity index (χ3v) is 1.53. The summed E-state index contributed by atoms with van der Waals surface area (Å²) in [7, 11) is -4.62. The van der Waals surface area contributed by atoms with Crippen LogP contribution in [0.2, 0.25) is 0 Å². The van der Waals surface area contributed by atoms with Crippen LogP contribution in [-0.2, 0) is 9.05 Å². The quantitative estimate of drug-likeness (QED) is 0.354. The van der Waals surface area contributed by atoms with E-state index in [1.54, 1.807) is 0 Å². The van der Waals surface area contributed by atoms with Crippen LogP contribution in [0, 0.1) is 0 Å². The molecule has 0 aromatic carbocycles. The van der Waals surface area contributed by atoms with Gasteiger partial charge in [0.1, 0.15) is 0 Å². The van der Waals surface area contributed by atoms with Gasteiger partial charge in [-0.15, -0.1) is 0 Å². The molecule has 0 radical (unpaired) electrons. The smallest absolute Gasteiger partial charge is 0.327 e. The van der Waals surface area contributed by atoms with Crippen LogP contribution in [0.3, 0.4) is 0 Å². The Labute approximate surface area is 66.4 Å². The molecule has 0 aliphatic carbocycles. The van der Waals surface area contributed by atoms with Crippen LogP contribution in [0.1, 0.15) is 6.42 Å². The maximum Gasteiger partial charge on any atom is 0.327 e. The molecule has 8 heteroatoms. The highest BCUT2D eigenvalue weighted by Crippen LogP contribution is 2.26. The lowest BCUT2D eigenvalue weighted by Crippen LogP contribution is -1.95. The van der Waals surface area contributed by atoms with Crippen LogP contribution in [0.5, 0.6) is 0 Å². The van der Waals surface area contributed by atoms with Crippen molar-refractivity contribution in [1.29, 1.82) is 0 Å². The number of hydrogen-bond donors (Lipinski definition) is 4. The Balaban J connectivity index is 2.91. The van der Waals surface area contributed by atoms with E-state index in [1.165, 1.54) is 0 Å². The predicted molar refractivity (Wildman–Crippen MR) is 39.2 cm³/mol. The minimum atomic E-state index is -2.31. The van der Waals surface area contributed by atoms with Crippen molar-refractivity contribution >= 4 is 17.2 Å². The van der Waals surface area contributed by atoms with E-state index in [1.807, 2.05) is 0 Å². The summed E-state index contributed by atoms with van der Waals surface area (Å²) in [5, 5.41) is 0. The van der Waals surface area contributed by atoms with Crippen molar-refractivity contribution in [2.75, 3.05) is 13.2 Å². The molecule has 0 aromatic rings. The summed E-state index contributed by atoms with van der Waals surface area (Å²) in [6.45, 7) is 0.254. The molecule has 0 aliphatic heterocycles. The van der Waals surface area contributed by atoms with E-state index in [2.05, 4.69) is 9.05 Å². The third kappa shape index (κ3) is 10.6. The first-order chi connectivity index (χ1) is 5.13. The molecule has 6 nitrogen and oxygen atoms in total. The molecule has 0 atom stereocenters. The van der Waals surface area contributed by atoms with E-state index in [-0.39, 0.29) is 13.2 Å². The zero-order valence-electron chi connectivity index (χ0n) is 5.62. The molecule has 68 valence electrons. The average Bonchev–Trinajstić information content (AvgIpc) is 1.85. The zero-order chi connectivity index (χ0) is 8.69. The van der Waals surface area contributed by atoms with Crippen molar-refractivity contribution in [2.24, 2.45) is 0 Å². The molecule has 0 spiro atoms. The van der Waals surface area contributed by atoms with Gasteiger partial charge in [0.2, 0.25) is 0 Å². The summed E-state index contributed by atoms with van der Waals surface area (Å²) >= 11 is 0. The summed E-state index contributed by atoms with van der Waals surface area (Å²) in [6, 6.07) is 0. The molecule has 0 heterocycles. The second-order valence-electron chi connectivity index (χ2n) is 1.53. The van der Waals surface area contributed by atoms with Gasteiger partial charge in [0.15, 0.2) is 0 Å². The van der Waals surface area contributed by atoms with Gasteiger partial charge >= 0.3 is 17.2 Å². The molecule has 0 saturated heterocycles. The summed E-state index contributed by atoms with van der Waals surface area (Å²) in [6.07, 6.45) is 0.389. The Bertz CT molecular complexity index is 77.9. The Morgan fingerprint density at radius 1 is 0.818 bits per heavy atom. The topological polar surface area (TPSA) is 99.4 Å². The van der Waals surface area contributed by atoms with E-state index in [9.17, 15) is 0 Å². The highest BCUT2D eigenvalue weighted by molar-refractivity contribution is 7.39. The first-order valence-corrected chi connectivity index (χ1v) is 5.07. The normalized spacial score (nSPS) is 11.5. The molecule has 11 heavy (non-hydrogen) atoms. The highest BCUT2D eigenvalue weighted by Gasteiger charge is 2.00. The zero-order valence-corrected chi connectivity index (χ0v) is 7.41. The van der Waals surface area contributed by atoms with Gasteiger partial charge in [0.25, 0.3) is 0 Å². The lowest BCUT2D eigenvalue weighted by atomic mass is 10.5. The minimum Gasteiger partial charge on any atom is -0.328 e. The van der Waals surface area contributed by atoms with Gasteiger partial charge in [0.05, 0.1) is 13.2 Å². The largest absolute Gasteiger partial charge is 0.328 e. The van der Waals surface area contributed by atoms with Crippen molar-refractivity contribution < 1.29 is 28.6 Å². The molecule has 0 bridgehead atoms. The molecule has 0 amide bonds. The minimum absolute atomic E-state index is 0.127. The lowest BCUT2D eigenvalue weighted by Gasteiger charge is -2.04. The molecule has 0 saturated carbocycles. The molecule has 0 unspecified atom stereocenters. The number of rotatable bonds is 6. The highest BCUT2D eigenvalue weighted by atomic mass is 31.2. The Morgan fingerprint density at radius 3 is 1.45 bits per heavy atom. The number of hydrogen-bond acceptors (Lipinski definition) is 6. The van der Waals surface area contributed by atoms with Gasteiger partial charge in [-0.05, 0) is 6.42 Å². The fourth-order valence-corrected chi connectivity index (χ4v) is 0.936. The Hall–Kier alpha value is 0.620. The summed E-state index contributed by atoms with van der Waals surface area (Å²) in [4.78, 5) is 32.9. The lowest BCUT2D eigenvalue weighted by molar-refractivity contribution is 0.206. The van der Waals surface area contributed by atoms with E-state index < -0.39 is 17.2 Å². The van der Waals surface area contributed by atoms with Gasteiger partial charge in [-0.2, -0.15) is 0 Å². The van der Waals surface area contributed by atoms with Gasteiger partial charge in [-0.3, -0.25) is 0 Å². The molecule has 0 rings (SSSR count). The van der Waals surface area contributed by atoms with E-state index in [0.717, 1.165) is 0 Å². The Morgan fingerprint density at radius 2 is 1.18 bits per heavy atom. The fourth-order valence-electron chi connectivity index (χ4n) is 0.351. The SMILES string of the molecule is OP(O)OCCCOP(O)O. The fraction of sp³-hybridized carbons (Fsp3) is 1.00. The molecule has 4 N–H and O–H groups in total. The molecular formula is C3H10O6P2. The summed E-state index contributed by atoms with van der Waals surface area (Å²) in [5.41, 5.74) is 0. The van der Waals surface area contributed by atoms with E-state index in [4.69, 9.17) is 19.6 Å². The molecular weight excluding hydrogens is 194 g/mol. The van der Waals surface area contributed by atoms with Crippen LogP contribution in [0.4, 0.5) is 0 Å². The van der Waals surface area contributed by atoms with Crippen LogP contribution in [0.25, 0.3) is 0 Å². The van der Waals surface area contributed by atoms with Crippen LogP contribution < -0.4 is 0 Å². The van der Waals surface area contributed by atoms with Gasteiger partial charge in [-0.1, -0.05) is 0 Å². The maximum absolute atomic E-state index is 8.22. The second-order valence-corrected chi connectivity index (χ2v) is 3.05. The van der Waals surface area contributed by atoms with Crippen LogP contribution >= 0.6 is 17.2 Å². The van der Waals surface area contributed by atoms with Gasteiger partial charge in [-0.25, -0.2) is 0 Å². The maximum atomic E-state index is 8.22. The van der Waals surface area contributed by atoms with Crippen molar-refractivity contribution in [3.63, 3.8) is 0 Å². The predicted octanol–water partition coefficient (Wildman–Crippen LogP) is -0.167. The van der Waals surface area contributed by atoms with Crippen molar-refractivity contribution in [3.05, 3.63) is 0 Å². The second kappa shape index (κ2) is 7.28. The van der Waals surface area contributed by atoms with E-state index >= 15 is 0 Å². The molecule has 0 aliphatic rings. The summed E-state index contributed by atoms with van der Waals surface area (Å²) < 4.78 is 8.73. The third-order valence-electron chi connectivity index (χ3n) is 0.702. The van der Waals surface area contributed by atoms with Crippen molar-refractivity contribution in [2.45, 2.75) is 6.42 Å². The van der Waals surface area contributed by atoms with Gasteiger partial charge in [0, 0.05) is 0 Å². The molecule has 0 fully saturated rings. The standard InChI is InChI=1S/C3H10O6P2/c4-10(5)8-2-1-3-9-11(6)7/h4-7H,1-3H2. The first kappa shape index (κ1) is 11.6. The van der Waals surface area contributed by atoms with Crippen LogP contribution in [0.15, 0.2) is 0 Å². The van der Waals surface area contributed by atoms with E-state index in [0.29, 0.717) is 6.42 Å². The monoisotopic (exact) mass is 204 g/mol. The molecule has 0 aromatic heterocycles.